The van der Waals surface area contributed by atoms with Crippen LogP contribution in [0.15, 0.2) is 34.1 Å². The number of aryl methyl sites for hydroxylation is 1. The molecule has 0 N–H and O–H groups in total. The van der Waals surface area contributed by atoms with Crippen molar-refractivity contribution in [2.24, 2.45) is 0 Å². The normalized spacial score (nSPS) is 10.5. The third-order valence-corrected chi connectivity index (χ3v) is 4.85. The molecule has 100 valence electrons. The van der Waals surface area contributed by atoms with E-state index in [1.54, 1.807) is 18.0 Å². The van der Waals surface area contributed by atoms with Crippen molar-refractivity contribution >= 4 is 33.2 Å². The number of rotatable bonds is 3. The Bertz CT molecular complexity index is 592. The van der Waals surface area contributed by atoms with Gasteiger partial charge in [0.1, 0.15) is 5.82 Å². The molecule has 19 heavy (non-hydrogen) atoms. The summed E-state index contributed by atoms with van der Waals surface area (Å²) in [6.45, 7) is 2.34. The topological polar surface area (TPSA) is 20.3 Å². The van der Waals surface area contributed by atoms with E-state index in [0.29, 0.717) is 11.4 Å². The molecule has 0 unspecified atom stereocenters. The fourth-order valence-corrected chi connectivity index (χ4v) is 3.26. The molecule has 0 aliphatic heterocycles. The van der Waals surface area contributed by atoms with E-state index in [4.69, 9.17) is 0 Å². The molecule has 0 bridgehead atoms. The monoisotopic (exact) mass is 341 g/mol. The van der Waals surface area contributed by atoms with Crippen LogP contribution in [0.1, 0.15) is 20.8 Å². The van der Waals surface area contributed by atoms with Gasteiger partial charge in [-0.1, -0.05) is 12.1 Å². The minimum atomic E-state index is -0.284. The highest BCUT2D eigenvalue weighted by atomic mass is 79.9. The highest BCUT2D eigenvalue weighted by Gasteiger charge is 2.15. The molecule has 0 spiro atoms. The molecule has 0 saturated carbocycles. The molecule has 0 aliphatic rings. The number of halogens is 2. The van der Waals surface area contributed by atoms with Crippen molar-refractivity contribution in [2.45, 2.75) is 13.5 Å². The summed E-state index contributed by atoms with van der Waals surface area (Å²) in [7, 11) is 1.72. The van der Waals surface area contributed by atoms with Crippen molar-refractivity contribution in [2.75, 3.05) is 7.05 Å². The van der Waals surface area contributed by atoms with Crippen LogP contribution in [-0.2, 0) is 6.54 Å². The van der Waals surface area contributed by atoms with Gasteiger partial charge in [0, 0.05) is 13.6 Å². The smallest absolute Gasteiger partial charge is 0.264 e. The summed E-state index contributed by atoms with van der Waals surface area (Å²) < 4.78 is 14.1. The van der Waals surface area contributed by atoms with Crippen LogP contribution in [0.2, 0.25) is 0 Å². The number of carbonyl (C=O) groups is 1. The molecule has 0 saturated heterocycles. The van der Waals surface area contributed by atoms with Crippen molar-refractivity contribution < 1.29 is 9.18 Å². The summed E-state index contributed by atoms with van der Waals surface area (Å²) in [6.07, 6.45) is 0. The Balaban J connectivity index is 2.11. The zero-order valence-corrected chi connectivity index (χ0v) is 13.0. The van der Waals surface area contributed by atoms with Crippen molar-refractivity contribution in [1.82, 2.24) is 4.90 Å². The van der Waals surface area contributed by atoms with Gasteiger partial charge in [0.05, 0.1) is 8.66 Å². The van der Waals surface area contributed by atoms with Crippen molar-refractivity contribution in [1.29, 1.82) is 0 Å². The molecule has 1 heterocycles. The molecular weight excluding hydrogens is 329 g/mol. The lowest BCUT2D eigenvalue weighted by Gasteiger charge is -2.16. The summed E-state index contributed by atoms with van der Waals surface area (Å²) in [5, 5.41) is 0. The first kappa shape index (κ1) is 14.2. The third kappa shape index (κ3) is 3.42. The van der Waals surface area contributed by atoms with Crippen LogP contribution < -0.4 is 0 Å². The van der Waals surface area contributed by atoms with Crippen LogP contribution in [0, 0.1) is 12.7 Å². The molecular formula is C14H13BrFNOS. The van der Waals surface area contributed by atoms with Gasteiger partial charge in [-0.25, -0.2) is 4.39 Å². The Hall–Kier alpha value is -1.20. The lowest BCUT2D eigenvalue weighted by atomic mass is 10.2. The average Bonchev–Trinajstić information content (AvgIpc) is 2.68. The largest absolute Gasteiger partial charge is 0.337 e. The molecule has 0 aliphatic carbocycles. The Morgan fingerprint density at radius 3 is 2.74 bits per heavy atom. The Morgan fingerprint density at radius 2 is 2.16 bits per heavy atom. The zero-order valence-electron chi connectivity index (χ0n) is 10.6. The van der Waals surface area contributed by atoms with Crippen LogP contribution in [0.5, 0.6) is 0 Å². The Morgan fingerprint density at radius 1 is 1.42 bits per heavy atom. The van der Waals surface area contributed by atoms with Gasteiger partial charge in [-0.2, -0.15) is 0 Å². The number of thiophene rings is 1. The predicted molar refractivity (Wildman–Crippen MR) is 79.0 cm³/mol. The van der Waals surface area contributed by atoms with Crippen molar-refractivity contribution in [3.05, 3.63) is 55.9 Å². The van der Waals surface area contributed by atoms with E-state index < -0.39 is 0 Å². The van der Waals surface area contributed by atoms with Crippen LogP contribution in [0.3, 0.4) is 0 Å². The second kappa shape index (κ2) is 5.84. The van der Waals surface area contributed by atoms with E-state index in [0.717, 1.165) is 14.9 Å². The maximum Gasteiger partial charge on any atom is 0.264 e. The number of carbonyl (C=O) groups excluding carboxylic acids is 1. The van der Waals surface area contributed by atoms with Gasteiger partial charge in [-0.15, -0.1) is 11.3 Å². The molecule has 5 heteroatoms. The van der Waals surface area contributed by atoms with E-state index >= 15 is 0 Å². The minimum absolute atomic E-state index is 0.0527. The maximum absolute atomic E-state index is 13.1. The zero-order chi connectivity index (χ0) is 14.0. The number of hydrogen-bond acceptors (Lipinski definition) is 2. The summed E-state index contributed by atoms with van der Waals surface area (Å²) in [5.41, 5.74) is 1.83. The van der Waals surface area contributed by atoms with Gasteiger partial charge in [-0.05, 0) is 52.2 Å². The second-order valence-electron chi connectivity index (χ2n) is 4.36. The van der Waals surface area contributed by atoms with E-state index in [1.807, 2.05) is 19.1 Å². The molecule has 2 nitrogen and oxygen atoms in total. The minimum Gasteiger partial charge on any atom is -0.337 e. The van der Waals surface area contributed by atoms with Crippen molar-refractivity contribution in [3.8, 4) is 0 Å². The van der Waals surface area contributed by atoms with Gasteiger partial charge in [0.25, 0.3) is 5.91 Å². The standard InChI is InChI=1S/C14H13BrFNOS/c1-9-6-12(19-13(9)15)14(18)17(2)8-10-4-3-5-11(16)7-10/h3-7H,8H2,1-2H3. The van der Waals surface area contributed by atoms with Gasteiger partial charge in [-0.3, -0.25) is 4.79 Å². The van der Waals surface area contributed by atoms with E-state index in [2.05, 4.69) is 15.9 Å². The lowest BCUT2D eigenvalue weighted by Crippen LogP contribution is -2.25. The highest BCUT2D eigenvalue weighted by molar-refractivity contribution is 9.11. The number of benzene rings is 1. The predicted octanol–water partition coefficient (Wildman–Crippen LogP) is 4.23. The Kier molecular flexibility index (Phi) is 4.37. The van der Waals surface area contributed by atoms with Crippen LogP contribution in [0.25, 0.3) is 0 Å². The highest BCUT2D eigenvalue weighted by Crippen LogP contribution is 2.28. The van der Waals surface area contributed by atoms with Gasteiger partial charge < -0.3 is 4.90 Å². The molecule has 1 aromatic carbocycles. The van der Waals surface area contributed by atoms with Crippen LogP contribution >= 0.6 is 27.3 Å². The van der Waals surface area contributed by atoms with Crippen LogP contribution in [0.4, 0.5) is 4.39 Å². The quantitative estimate of drug-likeness (QED) is 0.817. The molecule has 1 aromatic heterocycles. The van der Waals surface area contributed by atoms with E-state index in [1.165, 1.54) is 23.5 Å². The molecule has 0 fully saturated rings. The molecule has 2 rings (SSSR count). The lowest BCUT2D eigenvalue weighted by molar-refractivity contribution is 0.0789. The first-order chi connectivity index (χ1) is 8.97. The fraction of sp³-hybridized carbons (Fsp3) is 0.214. The molecule has 0 radical (unpaired) electrons. The van der Waals surface area contributed by atoms with E-state index in [-0.39, 0.29) is 11.7 Å². The van der Waals surface area contributed by atoms with Gasteiger partial charge in [0.2, 0.25) is 0 Å². The summed E-state index contributed by atoms with van der Waals surface area (Å²) >= 11 is 4.82. The van der Waals surface area contributed by atoms with Crippen molar-refractivity contribution in [3.63, 3.8) is 0 Å². The SMILES string of the molecule is Cc1cc(C(=O)N(C)Cc2cccc(F)c2)sc1Br. The number of amides is 1. The van der Waals surface area contributed by atoms with Gasteiger partial charge >= 0.3 is 0 Å². The maximum atomic E-state index is 13.1. The van der Waals surface area contributed by atoms with Gasteiger partial charge in [0.15, 0.2) is 0 Å². The third-order valence-electron chi connectivity index (χ3n) is 2.72. The first-order valence-electron chi connectivity index (χ1n) is 5.73. The number of nitrogens with zero attached hydrogens (tertiary/aromatic N) is 1. The Labute approximate surface area is 124 Å². The molecule has 1 amide bonds. The number of hydrogen-bond donors (Lipinski definition) is 0. The first-order valence-corrected chi connectivity index (χ1v) is 7.34. The summed E-state index contributed by atoms with van der Waals surface area (Å²) in [5.74, 6) is -0.337. The molecule has 0 atom stereocenters. The van der Waals surface area contributed by atoms with E-state index in [9.17, 15) is 9.18 Å². The average molecular weight is 342 g/mol. The molecule has 2 aromatic rings. The summed E-state index contributed by atoms with van der Waals surface area (Å²) in [4.78, 5) is 14.5. The fourth-order valence-electron chi connectivity index (χ4n) is 1.73. The second-order valence-corrected chi connectivity index (χ2v) is 6.73. The van der Waals surface area contributed by atoms with Crippen LogP contribution in [-0.4, -0.2) is 17.9 Å². The summed E-state index contributed by atoms with van der Waals surface area (Å²) in [6, 6.07) is 8.15.